The van der Waals surface area contributed by atoms with Gasteiger partial charge in [0.05, 0.1) is 4.90 Å². The first kappa shape index (κ1) is 13.6. The molecule has 2 aromatic rings. The average Bonchev–Trinajstić information content (AvgIpc) is 2.69. The molecule has 0 saturated heterocycles. The largest absolute Gasteiger partial charge is 0.375 e. The molecule has 0 saturated carbocycles. The van der Waals surface area contributed by atoms with E-state index in [1.54, 1.807) is 18.3 Å². The maximum Gasteiger partial charge on any atom is 0.294 e. The van der Waals surface area contributed by atoms with E-state index < -0.39 is 10.1 Å². The van der Waals surface area contributed by atoms with Crippen LogP contribution in [0.5, 0.6) is 0 Å². The zero-order valence-electron chi connectivity index (χ0n) is 9.07. The van der Waals surface area contributed by atoms with Crippen molar-refractivity contribution in [2.75, 3.05) is 5.73 Å². The van der Waals surface area contributed by atoms with Crippen LogP contribution >= 0.6 is 11.3 Å². The number of nitrogen functional groups attached to an aromatic ring is 1. The molecule has 0 radical (unpaired) electrons. The van der Waals surface area contributed by atoms with Gasteiger partial charge in [-0.25, -0.2) is 4.98 Å². The van der Waals surface area contributed by atoms with Crippen LogP contribution in [0.3, 0.4) is 0 Å². The van der Waals surface area contributed by atoms with Crippen molar-refractivity contribution in [1.82, 2.24) is 4.98 Å². The van der Waals surface area contributed by atoms with Gasteiger partial charge in [-0.3, -0.25) is 4.55 Å². The molecule has 1 aromatic carbocycles. The molecule has 0 unspecified atom stereocenters. The lowest BCUT2D eigenvalue weighted by molar-refractivity contribution is 0.483. The van der Waals surface area contributed by atoms with Crippen LogP contribution in [-0.2, 0) is 10.1 Å². The predicted molar refractivity (Wildman–Crippen MR) is 67.5 cm³/mol. The number of hydrogen-bond donors (Lipinski definition) is 2. The number of hydrogen-bond acceptors (Lipinski definition) is 5. The Balaban J connectivity index is 0.000000202. The summed E-state index contributed by atoms with van der Waals surface area (Å²) in [4.78, 5) is 3.65. The summed E-state index contributed by atoms with van der Waals surface area (Å²) >= 11 is 1.44. The summed E-state index contributed by atoms with van der Waals surface area (Å²) in [6.45, 7) is 1.84. The highest BCUT2D eigenvalue weighted by molar-refractivity contribution is 7.85. The molecule has 0 aliphatic heterocycles. The molecule has 1 heterocycles. The summed E-state index contributed by atoms with van der Waals surface area (Å²) in [5.41, 5.74) is 6.14. The number of benzene rings is 1. The van der Waals surface area contributed by atoms with Gasteiger partial charge in [0.15, 0.2) is 5.13 Å². The minimum atomic E-state index is -4.02. The Morgan fingerprint density at radius 2 is 1.88 bits per heavy atom. The lowest BCUT2D eigenvalue weighted by Crippen LogP contribution is -1.96. The fourth-order valence-corrected chi connectivity index (χ4v) is 1.81. The van der Waals surface area contributed by atoms with E-state index in [0.717, 1.165) is 5.56 Å². The maximum atomic E-state index is 10.5. The molecule has 17 heavy (non-hydrogen) atoms. The van der Waals surface area contributed by atoms with Crippen LogP contribution in [0.15, 0.2) is 40.7 Å². The molecule has 0 amide bonds. The Morgan fingerprint density at radius 1 is 1.29 bits per heavy atom. The molecule has 2 rings (SSSR count). The van der Waals surface area contributed by atoms with Gasteiger partial charge in [0.1, 0.15) is 0 Å². The maximum absolute atomic E-state index is 10.5. The molecular weight excluding hydrogens is 260 g/mol. The van der Waals surface area contributed by atoms with Gasteiger partial charge >= 0.3 is 0 Å². The smallest absolute Gasteiger partial charge is 0.294 e. The van der Waals surface area contributed by atoms with E-state index in [0.29, 0.717) is 5.13 Å². The summed E-state index contributed by atoms with van der Waals surface area (Å²) in [5, 5.41) is 2.48. The van der Waals surface area contributed by atoms with Crippen LogP contribution in [-0.4, -0.2) is 18.0 Å². The third-order valence-electron chi connectivity index (χ3n) is 1.77. The summed E-state index contributed by atoms with van der Waals surface area (Å²) in [6, 6.07) is 5.99. The number of thiazole rings is 1. The molecule has 5 nitrogen and oxygen atoms in total. The second-order valence-electron chi connectivity index (χ2n) is 3.16. The lowest BCUT2D eigenvalue weighted by atomic mass is 10.2. The quantitative estimate of drug-likeness (QED) is 0.774. The molecule has 0 bridgehead atoms. The second-order valence-corrected chi connectivity index (χ2v) is 5.51. The van der Waals surface area contributed by atoms with E-state index in [9.17, 15) is 8.42 Å². The van der Waals surface area contributed by atoms with E-state index in [2.05, 4.69) is 4.98 Å². The van der Waals surface area contributed by atoms with Gasteiger partial charge in [0, 0.05) is 11.6 Å². The Morgan fingerprint density at radius 3 is 2.18 bits per heavy atom. The third-order valence-corrected chi connectivity index (χ3v) is 3.24. The van der Waals surface area contributed by atoms with Crippen molar-refractivity contribution in [3.8, 4) is 0 Å². The minimum Gasteiger partial charge on any atom is -0.375 e. The van der Waals surface area contributed by atoms with Gasteiger partial charge in [-0.05, 0) is 19.1 Å². The van der Waals surface area contributed by atoms with E-state index >= 15 is 0 Å². The van der Waals surface area contributed by atoms with Gasteiger partial charge < -0.3 is 5.73 Å². The van der Waals surface area contributed by atoms with Crippen molar-refractivity contribution in [2.45, 2.75) is 11.8 Å². The van der Waals surface area contributed by atoms with E-state index in [1.807, 2.05) is 12.3 Å². The standard InChI is InChI=1S/C7H8O3S.C3H4N2S/c1-6-2-4-7(5-3-6)11(8,9)10;4-3-5-1-2-6-3/h2-5H,1H3,(H,8,9,10);1-2H,(H2,4,5). The van der Waals surface area contributed by atoms with Gasteiger partial charge in [0.2, 0.25) is 0 Å². The minimum absolute atomic E-state index is 0.0666. The van der Waals surface area contributed by atoms with Crippen molar-refractivity contribution < 1.29 is 13.0 Å². The number of nitrogens with zero attached hydrogens (tertiary/aromatic N) is 1. The molecule has 0 spiro atoms. The molecule has 0 aliphatic rings. The SMILES string of the molecule is Cc1ccc(S(=O)(=O)O)cc1.Nc1nccs1. The number of aryl methyl sites for hydroxylation is 1. The highest BCUT2D eigenvalue weighted by atomic mass is 32.2. The second kappa shape index (κ2) is 5.76. The molecule has 7 heteroatoms. The fraction of sp³-hybridized carbons (Fsp3) is 0.100. The lowest BCUT2D eigenvalue weighted by Gasteiger charge is -1.95. The third kappa shape index (κ3) is 4.94. The Kier molecular flexibility index (Phi) is 4.62. The molecular formula is C10H12N2O3S2. The summed E-state index contributed by atoms with van der Waals surface area (Å²) in [5.74, 6) is 0. The van der Waals surface area contributed by atoms with Crippen molar-refractivity contribution in [3.63, 3.8) is 0 Å². The van der Waals surface area contributed by atoms with Crippen LogP contribution in [0.2, 0.25) is 0 Å². The van der Waals surface area contributed by atoms with Crippen LogP contribution < -0.4 is 5.73 Å². The first-order valence-corrected chi connectivity index (χ1v) is 6.90. The van der Waals surface area contributed by atoms with Crippen molar-refractivity contribution >= 4 is 26.6 Å². The molecule has 3 N–H and O–H groups in total. The Hall–Kier alpha value is -1.44. The van der Waals surface area contributed by atoms with Gasteiger partial charge in [-0.1, -0.05) is 17.7 Å². The topological polar surface area (TPSA) is 93.3 Å². The van der Waals surface area contributed by atoms with E-state index in [1.165, 1.54) is 23.5 Å². The summed E-state index contributed by atoms with van der Waals surface area (Å²) in [6.07, 6.45) is 1.68. The monoisotopic (exact) mass is 272 g/mol. The molecule has 1 aromatic heterocycles. The number of nitrogens with two attached hydrogens (primary N) is 1. The molecule has 92 valence electrons. The van der Waals surface area contributed by atoms with E-state index in [4.69, 9.17) is 10.3 Å². The zero-order chi connectivity index (χ0) is 12.9. The van der Waals surface area contributed by atoms with Gasteiger partial charge in [-0.15, -0.1) is 11.3 Å². The normalized spacial score (nSPS) is 10.5. The zero-order valence-corrected chi connectivity index (χ0v) is 10.7. The predicted octanol–water partition coefficient (Wildman–Crippen LogP) is 1.97. The highest BCUT2D eigenvalue weighted by Gasteiger charge is 2.06. The highest BCUT2D eigenvalue weighted by Crippen LogP contribution is 2.08. The van der Waals surface area contributed by atoms with Gasteiger partial charge in [0.25, 0.3) is 10.1 Å². The van der Waals surface area contributed by atoms with Crippen LogP contribution in [0, 0.1) is 6.92 Å². The average molecular weight is 272 g/mol. The first-order valence-electron chi connectivity index (χ1n) is 4.59. The molecule has 0 fully saturated rings. The van der Waals surface area contributed by atoms with Crippen molar-refractivity contribution in [2.24, 2.45) is 0 Å². The fourth-order valence-electron chi connectivity index (χ4n) is 0.945. The summed E-state index contributed by atoms with van der Waals surface area (Å²) in [7, 11) is -4.02. The van der Waals surface area contributed by atoms with Gasteiger partial charge in [-0.2, -0.15) is 8.42 Å². The Labute approximate surface area is 104 Å². The number of anilines is 1. The van der Waals surface area contributed by atoms with E-state index in [-0.39, 0.29) is 4.90 Å². The van der Waals surface area contributed by atoms with Crippen molar-refractivity contribution in [3.05, 3.63) is 41.4 Å². The first-order chi connectivity index (χ1) is 7.89. The summed E-state index contributed by atoms with van der Waals surface area (Å²) < 4.78 is 29.6. The van der Waals surface area contributed by atoms with Crippen molar-refractivity contribution in [1.29, 1.82) is 0 Å². The van der Waals surface area contributed by atoms with Crippen LogP contribution in [0.25, 0.3) is 0 Å². The van der Waals surface area contributed by atoms with Crippen LogP contribution in [0.4, 0.5) is 5.13 Å². The Bertz CT molecular complexity index is 548. The molecule has 0 atom stereocenters. The molecule has 0 aliphatic carbocycles. The number of rotatable bonds is 1. The van der Waals surface area contributed by atoms with Crippen LogP contribution in [0.1, 0.15) is 5.56 Å². The number of aromatic nitrogens is 1.